The topological polar surface area (TPSA) is 79.3 Å². The van der Waals surface area contributed by atoms with Gasteiger partial charge in [-0.1, -0.05) is 23.7 Å². The number of hydrogen-bond acceptors (Lipinski definition) is 6. The fourth-order valence-corrected chi connectivity index (χ4v) is 4.40. The normalized spacial score (nSPS) is 20.9. The first-order valence-electron chi connectivity index (χ1n) is 10.6. The molecular formula is C24H24ClFN2O5. The summed E-state index contributed by atoms with van der Waals surface area (Å²) < 4.78 is 24.1. The predicted molar refractivity (Wildman–Crippen MR) is 121 cm³/mol. The van der Waals surface area contributed by atoms with Gasteiger partial charge in [-0.15, -0.1) is 0 Å². The third kappa shape index (κ3) is 4.73. The zero-order valence-electron chi connectivity index (χ0n) is 18.1. The maximum atomic E-state index is 13.6. The van der Waals surface area contributed by atoms with Gasteiger partial charge in [0.15, 0.2) is 0 Å². The summed E-state index contributed by atoms with van der Waals surface area (Å²) in [6.07, 6.45) is 0. The van der Waals surface area contributed by atoms with E-state index in [-0.39, 0.29) is 28.5 Å². The van der Waals surface area contributed by atoms with Gasteiger partial charge in [0.1, 0.15) is 17.3 Å². The van der Waals surface area contributed by atoms with Crippen LogP contribution in [0.25, 0.3) is 5.76 Å². The monoisotopic (exact) mass is 474 g/mol. The first-order valence-corrected chi connectivity index (χ1v) is 11.0. The van der Waals surface area contributed by atoms with E-state index >= 15 is 0 Å². The van der Waals surface area contributed by atoms with Crippen LogP contribution in [0.2, 0.25) is 5.02 Å². The summed E-state index contributed by atoms with van der Waals surface area (Å²) in [5, 5.41) is 11.3. The molecule has 2 aliphatic heterocycles. The van der Waals surface area contributed by atoms with E-state index in [1.807, 2.05) is 0 Å². The molecule has 2 aliphatic rings. The smallest absolute Gasteiger partial charge is 0.295 e. The summed E-state index contributed by atoms with van der Waals surface area (Å²) in [6.45, 7) is 3.50. The lowest BCUT2D eigenvalue weighted by molar-refractivity contribution is -0.140. The fourth-order valence-electron chi connectivity index (χ4n) is 4.15. The second-order valence-electron chi connectivity index (χ2n) is 7.85. The molecule has 2 aromatic carbocycles. The number of Topliss-reactive ketones (excluding diaryl/α,β-unsaturated/α-hetero) is 1. The first kappa shape index (κ1) is 23.2. The molecule has 9 heteroatoms. The Hall–Kier alpha value is -2.94. The van der Waals surface area contributed by atoms with Crippen molar-refractivity contribution in [1.82, 2.24) is 9.80 Å². The molecule has 1 amide bonds. The SMILES string of the molecule is COc1ccc(/C(O)=C2\C(=O)C(=O)N(CCN3CCOCC3)C2c2ccc(F)cc2)cc1Cl. The Morgan fingerprint density at radius 2 is 1.85 bits per heavy atom. The number of aliphatic hydroxyl groups excluding tert-OH is 1. The lowest BCUT2D eigenvalue weighted by Crippen LogP contribution is -2.42. The van der Waals surface area contributed by atoms with E-state index in [9.17, 15) is 19.1 Å². The summed E-state index contributed by atoms with van der Waals surface area (Å²) in [7, 11) is 1.47. The van der Waals surface area contributed by atoms with Crippen molar-refractivity contribution >= 4 is 29.1 Å². The van der Waals surface area contributed by atoms with Crippen LogP contribution >= 0.6 is 11.6 Å². The molecule has 1 unspecified atom stereocenters. The van der Waals surface area contributed by atoms with E-state index in [1.54, 1.807) is 12.1 Å². The number of rotatable bonds is 6. The number of likely N-dealkylation sites (tertiary alicyclic amines) is 1. The van der Waals surface area contributed by atoms with Crippen LogP contribution in [0.4, 0.5) is 4.39 Å². The van der Waals surface area contributed by atoms with E-state index in [0.717, 1.165) is 13.1 Å². The Kier molecular flexibility index (Phi) is 6.97. The maximum absolute atomic E-state index is 13.6. The molecule has 2 fully saturated rings. The van der Waals surface area contributed by atoms with Crippen molar-refractivity contribution < 1.29 is 28.6 Å². The van der Waals surface area contributed by atoms with Crippen LogP contribution in [0.5, 0.6) is 5.75 Å². The number of nitrogens with zero attached hydrogens (tertiary/aromatic N) is 2. The van der Waals surface area contributed by atoms with Crippen molar-refractivity contribution in [1.29, 1.82) is 0 Å². The minimum absolute atomic E-state index is 0.0604. The molecule has 7 nitrogen and oxygen atoms in total. The molecule has 4 rings (SSSR count). The number of methoxy groups -OCH3 is 1. The average Bonchev–Trinajstić information content (AvgIpc) is 3.08. The van der Waals surface area contributed by atoms with Crippen LogP contribution in [-0.2, 0) is 14.3 Å². The van der Waals surface area contributed by atoms with Gasteiger partial charge in [-0.05, 0) is 35.9 Å². The number of ether oxygens (including phenoxy) is 2. The van der Waals surface area contributed by atoms with Crippen LogP contribution in [-0.4, -0.2) is 73.1 Å². The molecule has 2 saturated heterocycles. The number of aliphatic hydroxyl groups is 1. The molecule has 0 bridgehead atoms. The van der Waals surface area contributed by atoms with Gasteiger partial charge in [-0.2, -0.15) is 0 Å². The van der Waals surface area contributed by atoms with Crippen molar-refractivity contribution in [3.63, 3.8) is 0 Å². The maximum Gasteiger partial charge on any atom is 0.295 e. The predicted octanol–water partition coefficient (Wildman–Crippen LogP) is 3.24. The summed E-state index contributed by atoms with van der Waals surface area (Å²) in [5.41, 5.74) is 0.743. The number of morpholine rings is 1. The third-order valence-electron chi connectivity index (χ3n) is 5.91. The Bertz CT molecular complexity index is 1080. The first-order chi connectivity index (χ1) is 15.9. The molecule has 1 N–H and O–H groups in total. The van der Waals surface area contributed by atoms with E-state index in [0.29, 0.717) is 31.1 Å². The van der Waals surface area contributed by atoms with Crippen LogP contribution in [0.3, 0.4) is 0 Å². The highest BCUT2D eigenvalue weighted by Crippen LogP contribution is 2.40. The minimum atomic E-state index is -0.854. The number of carbonyl (C=O) groups excluding carboxylic acids is 2. The largest absolute Gasteiger partial charge is 0.507 e. The minimum Gasteiger partial charge on any atom is -0.507 e. The third-order valence-corrected chi connectivity index (χ3v) is 6.21. The molecule has 1 atom stereocenters. The standard InChI is InChI=1S/C24H24ClFN2O5/c1-32-19-7-4-16(14-18(19)25)22(29)20-21(15-2-5-17(26)6-3-15)28(24(31)23(20)30)9-8-27-10-12-33-13-11-27/h2-7,14,21,29H,8-13H2,1H3/b22-20+. The molecular weight excluding hydrogens is 451 g/mol. The van der Waals surface area contributed by atoms with Crippen LogP contribution in [0.15, 0.2) is 48.0 Å². The number of hydrogen-bond donors (Lipinski definition) is 1. The highest BCUT2D eigenvalue weighted by atomic mass is 35.5. The molecule has 2 heterocycles. The lowest BCUT2D eigenvalue weighted by atomic mass is 9.95. The van der Waals surface area contributed by atoms with E-state index in [4.69, 9.17) is 21.1 Å². The van der Waals surface area contributed by atoms with Gasteiger partial charge in [0.05, 0.1) is 37.0 Å². The molecule has 0 aromatic heterocycles. The molecule has 0 spiro atoms. The number of amides is 1. The van der Waals surface area contributed by atoms with E-state index in [2.05, 4.69) is 4.90 Å². The van der Waals surface area contributed by atoms with Gasteiger partial charge in [0.25, 0.3) is 11.7 Å². The van der Waals surface area contributed by atoms with Crippen molar-refractivity contribution in [2.45, 2.75) is 6.04 Å². The Morgan fingerprint density at radius 3 is 2.48 bits per heavy atom. The molecule has 0 saturated carbocycles. The van der Waals surface area contributed by atoms with Gasteiger partial charge in [0, 0.05) is 31.7 Å². The van der Waals surface area contributed by atoms with Crippen molar-refractivity contribution in [3.8, 4) is 5.75 Å². The number of carbonyl (C=O) groups is 2. The Morgan fingerprint density at radius 1 is 1.15 bits per heavy atom. The summed E-state index contributed by atoms with van der Waals surface area (Å²) in [6, 6.07) is 9.31. The van der Waals surface area contributed by atoms with E-state index < -0.39 is 23.5 Å². The van der Waals surface area contributed by atoms with Gasteiger partial charge < -0.3 is 19.5 Å². The Balaban J connectivity index is 1.74. The quantitative estimate of drug-likeness (QED) is 0.393. The van der Waals surface area contributed by atoms with Crippen molar-refractivity contribution in [3.05, 3.63) is 70.0 Å². The van der Waals surface area contributed by atoms with Crippen LogP contribution in [0.1, 0.15) is 17.2 Å². The number of benzene rings is 2. The molecule has 0 radical (unpaired) electrons. The number of ketones is 1. The van der Waals surface area contributed by atoms with Gasteiger partial charge in [-0.3, -0.25) is 14.5 Å². The molecule has 174 valence electrons. The average molecular weight is 475 g/mol. The van der Waals surface area contributed by atoms with Crippen LogP contribution < -0.4 is 4.74 Å². The highest BCUT2D eigenvalue weighted by molar-refractivity contribution is 6.46. The summed E-state index contributed by atoms with van der Waals surface area (Å²) in [5.74, 6) is -1.88. The molecule has 2 aromatic rings. The van der Waals surface area contributed by atoms with Gasteiger partial charge in [-0.25, -0.2) is 4.39 Å². The molecule has 0 aliphatic carbocycles. The van der Waals surface area contributed by atoms with E-state index in [1.165, 1.54) is 42.3 Å². The lowest BCUT2D eigenvalue weighted by Gasteiger charge is -2.31. The molecule has 33 heavy (non-hydrogen) atoms. The Labute approximate surface area is 195 Å². The summed E-state index contributed by atoms with van der Waals surface area (Å²) in [4.78, 5) is 29.7. The number of halogens is 2. The zero-order chi connectivity index (χ0) is 23.5. The van der Waals surface area contributed by atoms with Crippen LogP contribution in [0, 0.1) is 5.82 Å². The van der Waals surface area contributed by atoms with Crippen molar-refractivity contribution in [2.24, 2.45) is 0 Å². The van der Waals surface area contributed by atoms with Crippen molar-refractivity contribution in [2.75, 3.05) is 46.5 Å². The summed E-state index contributed by atoms with van der Waals surface area (Å²) >= 11 is 6.20. The highest BCUT2D eigenvalue weighted by Gasteiger charge is 2.46. The second-order valence-corrected chi connectivity index (χ2v) is 8.25. The van der Waals surface area contributed by atoms with Gasteiger partial charge in [0.2, 0.25) is 0 Å². The zero-order valence-corrected chi connectivity index (χ0v) is 18.8. The second kappa shape index (κ2) is 9.91. The fraction of sp³-hybridized carbons (Fsp3) is 0.333. The van der Waals surface area contributed by atoms with Gasteiger partial charge >= 0.3 is 0 Å².